The van der Waals surface area contributed by atoms with Crippen molar-refractivity contribution < 1.29 is 17.7 Å². The largest absolute Gasteiger partial charge is 0.360 e. The molecule has 0 saturated carbocycles. The minimum Gasteiger partial charge on any atom is -0.360 e. The van der Waals surface area contributed by atoms with Crippen LogP contribution in [0.25, 0.3) is 6.08 Å². The Hall–Kier alpha value is -2.81. The second-order valence-electron chi connectivity index (χ2n) is 5.91. The number of hydrogen-bond donors (Lipinski definition) is 2. The van der Waals surface area contributed by atoms with Crippen molar-refractivity contribution in [1.82, 2.24) is 5.16 Å². The van der Waals surface area contributed by atoms with Crippen molar-refractivity contribution in [2.45, 2.75) is 11.8 Å². The summed E-state index contributed by atoms with van der Waals surface area (Å²) in [6.07, 6.45) is 2.79. The van der Waals surface area contributed by atoms with Crippen LogP contribution in [0.3, 0.4) is 0 Å². The van der Waals surface area contributed by atoms with E-state index < -0.39 is 15.9 Å². The summed E-state index contributed by atoms with van der Waals surface area (Å²) in [5, 5.41) is 7.07. The number of nitrogens with zero attached hydrogens (tertiary/aromatic N) is 1. The van der Waals surface area contributed by atoms with Crippen molar-refractivity contribution in [2.24, 2.45) is 0 Å². The number of aryl methyl sites for hydroxylation is 1. The van der Waals surface area contributed by atoms with E-state index >= 15 is 0 Å². The summed E-state index contributed by atoms with van der Waals surface area (Å²) in [5.74, 6) is 0.142. The molecule has 0 saturated heterocycles. The first-order valence-electron chi connectivity index (χ1n) is 8.24. The highest BCUT2D eigenvalue weighted by atomic mass is 35.5. The number of rotatable bonds is 6. The Labute approximate surface area is 177 Å². The van der Waals surface area contributed by atoms with Gasteiger partial charge in [-0.1, -0.05) is 34.4 Å². The summed E-state index contributed by atoms with van der Waals surface area (Å²) < 4.78 is 31.8. The molecule has 1 amide bonds. The van der Waals surface area contributed by atoms with Gasteiger partial charge in [0.05, 0.1) is 4.90 Å². The van der Waals surface area contributed by atoms with Gasteiger partial charge in [-0.2, -0.15) is 0 Å². The Morgan fingerprint density at radius 1 is 1.10 bits per heavy atom. The zero-order valence-corrected chi connectivity index (χ0v) is 17.3. The number of carbonyl (C=O) groups is 1. The number of nitrogens with one attached hydrogen (secondary N) is 2. The topological polar surface area (TPSA) is 101 Å². The van der Waals surface area contributed by atoms with Gasteiger partial charge in [-0.05, 0) is 49.4 Å². The lowest BCUT2D eigenvalue weighted by Gasteiger charge is -2.07. The second kappa shape index (κ2) is 8.69. The van der Waals surface area contributed by atoms with Gasteiger partial charge >= 0.3 is 0 Å². The highest BCUT2D eigenvalue weighted by Gasteiger charge is 2.16. The standard InChI is InChI=1S/C19H15Cl2N3O4S/c1-12-11-18(23-28-12)24-29(26,27)14-7-5-13(6-8-14)22-19(25)10-9-15-16(20)3-2-4-17(15)21/h2-11H,1H3,(H,22,25)(H,23,24)/b10-9+. The van der Waals surface area contributed by atoms with E-state index in [-0.39, 0.29) is 10.7 Å². The number of aromatic nitrogens is 1. The highest BCUT2D eigenvalue weighted by Crippen LogP contribution is 2.25. The van der Waals surface area contributed by atoms with Crippen molar-refractivity contribution in [1.29, 1.82) is 0 Å². The van der Waals surface area contributed by atoms with Crippen LogP contribution >= 0.6 is 23.2 Å². The van der Waals surface area contributed by atoms with Crippen LogP contribution in [0.15, 0.2) is 64.0 Å². The van der Waals surface area contributed by atoms with E-state index in [0.29, 0.717) is 27.1 Å². The van der Waals surface area contributed by atoms with Crippen molar-refractivity contribution in [2.75, 3.05) is 10.0 Å². The van der Waals surface area contributed by atoms with Crippen LogP contribution in [-0.2, 0) is 14.8 Å². The lowest BCUT2D eigenvalue weighted by molar-refractivity contribution is -0.111. The van der Waals surface area contributed by atoms with E-state index in [9.17, 15) is 13.2 Å². The zero-order valence-electron chi connectivity index (χ0n) is 15.0. The summed E-state index contributed by atoms with van der Waals surface area (Å²) >= 11 is 12.1. The van der Waals surface area contributed by atoms with E-state index in [1.807, 2.05) is 0 Å². The number of hydrogen-bond acceptors (Lipinski definition) is 5. The molecule has 1 heterocycles. The molecule has 150 valence electrons. The number of sulfonamides is 1. The third-order valence-electron chi connectivity index (χ3n) is 3.70. The molecule has 7 nitrogen and oxygen atoms in total. The molecule has 2 aromatic carbocycles. The smallest absolute Gasteiger partial charge is 0.263 e. The quantitative estimate of drug-likeness (QED) is 0.526. The van der Waals surface area contributed by atoms with Crippen LogP contribution in [0.1, 0.15) is 11.3 Å². The SMILES string of the molecule is Cc1cc(NS(=O)(=O)c2ccc(NC(=O)/C=C/c3c(Cl)cccc3Cl)cc2)no1. The van der Waals surface area contributed by atoms with E-state index in [1.54, 1.807) is 25.1 Å². The molecule has 0 fully saturated rings. The summed E-state index contributed by atoms with van der Waals surface area (Å²) in [6.45, 7) is 1.65. The van der Waals surface area contributed by atoms with Gasteiger partial charge in [0.2, 0.25) is 5.91 Å². The molecule has 0 radical (unpaired) electrons. The lowest BCUT2D eigenvalue weighted by atomic mass is 10.2. The van der Waals surface area contributed by atoms with Gasteiger partial charge in [-0.15, -0.1) is 0 Å². The highest BCUT2D eigenvalue weighted by molar-refractivity contribution is 7.92. The van der Waals surface area contributed by atoms with E-state index in [4.69, 9.17) is 27.7 Å². The molecule has 0 unspecified atom stereocenters. The molecule has 29 heavy (non-hydrogen) atoms. The van der Waals surface area contributed by atoms with Crippen LogP contribution in [0.4, 0.5) is 11.5 Å². The Morgan fingerprint density at radius 2 is 1.76 bits per heavy atom. The molecule has 1 aromatic heterocycles. The van der Waals surface area contributed by atoms with Gasteiger partial charge in [0, 0.05) is 33.4 Å². The molecular weight excluding hydrogens is 437 g/mol. The maximum Gasteiger partial charge on any atom is 0.263 e. The third kappa shape index (κ3) is 5.38. The van der Waals surface area contributed by atoms with Crippen molar-refractivity contribution in [3.8, 4) is 0 Å². The Balaban J connectivity index is 1.67. The number of benzene rings is 2. The summed E-state index contributed by atoms with van der Waals surface area (Å²) in [6, 6.07) is 12.2. The Morgan fingerprint density at radius 3 is 2.34 bits per heavy atom. The van der Waals surface area contributed by atoms with Gasteiger partial charge in [0.25, 0.3) is 10.0 Å². The summed E-state index contributed by atoms with van der Waals surface area (Å²) in [5.41, 5.74) is 0.947. The van der Waals surface area contributed by atoms with Crippen molar-refractivity contribution >= 4 is 56.7 Å². The van der Waals surface area contributed by atoms with Gasteiger partial charge in [-0.3, -0.25) is 9.52 Å². The number of halogens is 2. The molecule has 3 rings (SSSR count). The number of amides is 1. The minimum atomic E-state index is -3.83. The van der Waals surface area contributed by atoms with Crippen LogP contribution in [0.2, 0.25) is 10.0 Å². The fraction of sp³-hybridized carbons (Fsp3) is 0.0526. The number of carbonyl (C=O) groups excluding carboxylic acids is 1. The second-order valence-corrected chi connectivity index (χ2v) is 8.41. The molecule has 2 N–H and O–H groups in total. The summed E-state index contributed by atoms with van der Waals surface area (Å²) in [7, 11) is -3.83. The van der Waals surface area contributed by atoms with Gasteiger partial charge in [0.1, 0.15) is 5.76 Å². The van der Waals surface area contributed by atoms with Gasteiger partial charge in [0.15, 0.2) is 5.82 Å². The zero-order chi connectivity index (χ0) is 21.0. The Bertz CT molecular complexity index is 1150. The maximum atomic E-state index is 12.4. The predicted molar refractivity (Wildman–Crippen MR) is 113 cm³/mol. The molecule has 0 spiro atoms. The molecule has 0 aliphatic carbocycles. The van der Waals surface area contributed by atoms with Gasteiger partial charge in [-0.25, -0.2) is 8.42 Å². The van der Waals surface area contributed by atoms with E-state index in [1.165, 1.54) is 42.5 Å². The predicted octanol–water partition coefficient (Wildman–Crippen LogP) is 4.74. The fourth-order valence-electron chi connectivity index (χ4n) is 2.34. The average molecular weight is 452 g/mol. The lowest BCUT2D eigenvalue weighted by Crippen LogP contribution is -2.13. The third-order valence-corrected chi connectivity index (χ3v) is 5.73. The fourth-order valence-corrected chi connectivity index (χ4v) is 3.85. The first kappa shape index (κ1) is 20.9. The summed E-state index contributed by atoms with van der Waals surface area (Å²) in [4.78, 5) is 12.1. The number of anilines is 2. The van der Waals surface area contributed by atoms with E-state index in [2.05, 4.69) is 15.2 Å². The van der Waals surface area contributed by atoms with E-state index in [0.717, 1.165) is 0 Å². The van der Waals surface area contributed by atoms with Gasteiger partial charge < -0.3 is 9.84 Å². The molecule has 0 aliphatic heterocycles. The van der Waals surface area contributed by atoms with Crippen LogP contribution < -0.4 is 10.0 Å². The first-order chi connectivity index (χ1) is 13.7. The molecular formula is C19H15Cl2N3O4S. The van der Waals surface area contributed by atoms with Crippen LogP contribution in [-0.4, -0.2) is 19.5 Å². The molecule has 3 aromatic rings. The van der Waals surface area contributed by atoms with Crippen molar-refractivity contribution in [3.63, 3.8) is 0 Å². The monoisotopic (exact) mass is 451 g/mol. The molecule has 0 bridgehead atoms. The molecule has 0 aliphatic rings. The average Bonchev–Trinajstić information content (AvgIpc) is 3.05. The van der Waals surface area contributed by atoms with Crippen LogP contribution in [0, 0.1) is 6.92 Å². The molecule has 0 atom stereocenters. The first-order valence-corrected chi connectivity index (χ1v) is 10.5. The maximum absolute atomic E-state index is 12.4. The minimum absolute atomic E-state index is 0.00884. The molecule has 10 heteroatoms. The normalized spacial score (nSPS) is 11.6. The van der Waals surface area contributed by atoms with Crippen molar-refractivity contribution in [3.05, 3.63) is 76.0 Å². The Kier molecular flexibility index (Phi) is 6.26. The van der Waals surface area contributed by atoms with Crippen LogP contribution in [0.5, 0.6) is 0 Å².